The molecule has 0 unspecified atom stereocenters. The highest BCUT2D eigenvalue weighted by Crippen LogP contribution is 2.54. The Hall–Kier alpha value is -6.85. The van der Waals surface area contributed by atoms with Crippen LogP contribution in [-0.2, 0) is 5.41 Å². The summed E-state index contributed by atoms with van der Waals surface area (Å²) in [4.78, 5) is 0. The Morgan fingerprint density at radius 1 is 0.636 bits per heavy atom. The second-order valence-corrected chi connectivity index (χ2v) is 14.9. The van der Waals surface area contributed by atoms with Gasteiger partial charge in [0.15, 0.2) is 0 Å². The van der Waals surface area contributed by atoms with E-state index in [-0.39, 0.29) is 5.41 Å². The van der Waals surface area contributed by atoms with Crippen LogP contribution in [-0.4, -0.2) is 9.13 Å². The van der Waals surface area contributed by atoms with Crippen molar-refractivity contribution in [2.75, 3.05) is 0 Å². The largest absolute Gasteiger partial charge is 0.309 e. The fourth-order valence-electron chi connectivity index (χ4n) is 9.36. The van der Waals surface area contributed by atoms with Crippen molar-refractivity contribution < 1.29 is 0 Å². The first kappa shape index (κ1) is 32.8. The Kier molecular flexibility index (Phi) is 7.36. The summed E-state index contributed by atoms with van der Waals surface area (Å²) in [6.07, 6.45) is 8.15. The number of allylic oxidation sites excluding steroid dienone is 5. The van der Waals surface area contributed by atoms with Crippen molar-refractivity contribution in [2.24, 2.45) is 0 Å². The zero-order valence-corrected chi connectivity index (χ0v) is 31.5. The van der Waals surface area contributed by atoms with Gasteiger partial charge in [-0.15, -0.1) is 0 Å². The van der Waals surface area contributed by atoms with Gasteiger partial charge in [-0.1, -0.05) is 124 Å². The summed E-state index contributed by atoms with van der Waals surface area (Å²) in [5.41, 5.74) is 20.3. The Bertz CT molecular complexity index is 3220. The molecule has 0 radical (unpaired) electrons. The van der Waals surface area contributed by atoms with Gasteiger partial charge in [-0.25, -0.2) is 0 Å². The van der Waals surface area contributed by atoms with Crippen LogP contribution in [0.25, 0.3) is 78.2 Å². The molecule has 2 aromatic heterocycles. The third kappa shape index (κ3) is 4.76. The van der Waals surface area contributed by atoms with Gasteiger partial charge in [-0.3, -0.25) is 0 Å². The van der Waals surface area contributed by atoms with E-state index in [4.69, 9.17) is 0 Å². The van der Waals surface area contributed by atoms with Crippen LogP contribution in [0.2, 0.25) is 0 Å². The van der Waals surface area contributed by atoms with E-state index in [9.17, 15) is 5.26 Å². The van der Waals surface area contributed by atoms with Gasteiger partial charge in [-0.2, -0.15) is 5.26 Å². The minimum Gasteiger partial charge on any atom is -0.309 e. The molecule has 0 bridgehead atoms. The summed E-state index contributed by atoms with van der Waals surface area (Å²) in [5.74, 6) is 0. The van der Waals surface area contributed by atoms with Gasteiger partial charge in [0.05, 0.1) is 39.2 Å². The topological polar surface area (TPSA) is 33.6 Å². The number of benzene rings is 6. The summed E-state index contributed by atoms with van der Waals surface area (Å²) < 4.78 is 4.82. The molecule has 2 heterocycles. The molecule has 262 valence electrons. The molecule has 0 spiro atoms. The number of aromatic nitrogens is 2. The van der Waals surface area contributed by atoms with Gasteiger partial charge in [0.2, 0.25) is 0 Å². The summed E-state index contributed by atoms with van der Waals surface area (Å²) >= 11 is 0. The van der Waals surface area contributed by atoms with Gasteiger partial charge < -0.3 is 9.13 Å². The number of nitrogens with zero attached hydrogens (tertiary/aromatic N) is 3. The highest BCUT2D eigenvalue weighted by atomic mass is 15.0. The summed E-state index contributed by atoms with van der Waals surface area (Å²) in [7, 11) is 0. The zero-order valence-electron chi connectivity index (χ0n) is 31.5. The fourth-order valence-corrected chi connectivity index (χ4v) is 9.36. The lowest BCUT2D eigenvalue weighted by atomic mass is 9.81. The lowest BCUT2D eigenvalue weighted by Crippen LogP contribution is -2.27. The van der Waals surface area contributed by atoms with E-state index in [0.29, 0.717) is 5.56 Å². The van der Waals surface area contributed by atoms with Gasteiger partial charge in [0, 0.05) is 38.1 Å². The molecule has 0 atom stereocenters. The summed E-state index contributed by atoms with van der Waals surface area (Å²) in [6.45, 7) is 8.76. The van der Waals surface area contributed by atoms with Crippen molar-refractivity contribution in [3.63, 3.8) is 0 Å². The summed E-state index contributed by atoms with van der Waals surface area (Å²) in [5, 5.41) is 15.5. The van der Waals surface area contributed by atoms with Crippen LogP contribution in [0.3, 0.4) is 0 Å². The molecule has 0 fully saturated rings. The Labute approximate surface area is 321 Å². The summed E-state index contributed by atoms with van der Waals surface area (Å²) in [6, 6.07) is 49.8. The molecule has 55 heavy (non-hydrogen) atoms. The van der Waals surface area contributed by atoms with Crippen LogP contribution in [0.4, 0.5) is 0 Å². The number of rotatable bonds is 4. The third-order valence-electron chi connectivity index (χ3n) is 11.7. The van der Waals surface area contributed by atoms with E-state index < -0.39 is 0 Å². The second-order valence-electron chi connectivity index (χ2n) is 14.9. The van der Waals surface area contributed by atoms with Crippen molar-refractivity contribution in [2.45, 2.75) is 39.5 Å². The number of hydrogen-bond donors (Lipinski definition) is 0. The molecule has 0 N–H and O–H groups in total. The van der Waals surface area contributed by atoms with Gasteiger partial charge >= 0.3 is 0 Å². The highest BCUT2D eigenvalue weighted by molar-refractivity contribution is 6.12. The molecule has 6 aromatic carbocycles. The Morgan fingerprint density at radius 3 is 2.16 bits per heavy atom. The quantitative estimate of drug-likeness (QED) is 0.179. The Morgan fingerprint density at radius 2 is 1.35 bits per heavy atom. The van der Waals surface area contributed by atoms with Crippen LogP contribution < -0.4 is 10.6 Å². The van der Waals surface area contributed by atoms with E-state index in [1.54, 1.807) is 0 Å². The van der Waals surface area contributed by atoms with Crippen LogP contribution in [0.1, 0.15) is 56.4 Å². The smallest absolute Gasteiger partial charge is 0.0991 e. The van der Waals surface area contributed by atoms with Gasteiger partial charge in [0.1, 0.15) is 0 Å². The van der Waals surface area contributed by atoms with Crippen molar-refractivity contribution in [1.29, 1.82) is 5.26 Å². The third-order valence-corrected chi connectivity index (χ3v) is 11.7. The first-order valence-electron chi connectivity index (χ1n) is 19.3. The molecule has 11 rings (SSSR count). The zero-order chi connectivity index (χ0) is 37.4. The number of para-hydroxylation sites is 2. The minimum atomic E-state index is -0.0825. The molecule has 3 nitrogen and oxygen atoms in total. The molecule has 3 heteroatoms. The Balaban J connectivity index is 0.00000183. The number of fused-ring (bicyclic) bond motifs is 9. The van der Waals surface area contributed by atoms with Crippen LogP contribution in [0.15, 0.2) is 151 Å². The average molecular weight is 706 g/mol. The first-order chi connectivity index (χ1) is 27.0. The molecular weight excluding hydrogens is 667 g/mol. The predicted octanol–water partition coefficient (Wildman–Crippen LogP) is 11.6. The van der Waals surface area contributed by atoms with Crippen molar-refractivity contribution in [1.82, 2.24) is 9.13 Å². The van der Waals surface area contributed by atoms with Gasteiger partial charge in [0.25, 0.3) is 0 Å². The van der Waals surface area contributed by atoms with E-state index in [2.05, 4.69) is 168 Å². The van der Waals surface area contributed by atoms with Crippen molar-refractivity contribution >= 4 is 55.7 Å². The maximum absolute atomic E-state index is 9.52. The molecule has 0 amide bonds. The highest BCUT2D eigenvalue weighted by Gasteiger charge is 2.41. The van der Waals surface area contributed by atoms with E-state index in [1.807, 2.05) is 32.0 Å². The lowest BCUT2D eigenvalue weighted by Gasteiger charge is -2.24. The maximum Gasteiger partial charge on any atom is 0.0991 e. The fraction of sp³-hybridized carbons (Fsp3) is 0.115. The monoisotopic (exact) mass is 705 g/mol. The van der Waals surface area contributed by atoms with Crippen LogP contribution >= 0.6 is 0 Å². The first-order valence-corrected chi connectivity index (χ1v) is 19.3. The molecule has 0 aliphatic heterocycles. The SMILES string of the molecule is CC.CC1(C)C2=CCC=C2c2cccc(-n3c4c(c5ccccc53)=CC(c3ccc5c(c3)c3ccccc3n5-c3cccc(-c5cccc(C#N)c5)c3)=C=4)c21. The van der Waals surface area contributed by atoms with Crippen molar-refractivity contribution in [3.05, 3.63) is 184 Å². The number of hydrogen-bond acceptors (Lipinski definition) is 1. The lowest BCUT2D eigenvalue weighted by molar-refractivity contribution is 0.655. The molecule has 8 aromatic rings. The van der Waals surface area contributed by atoms with Crippen molar-refractivity contribution in [3.8, 4) is 28.6 Å². The molecule has 0 saturated carbocycles. The maximum atomic E-state index is 9.52. The predicted molar refractivity (Wildman–Crippen MR) is 230 cm³/mol. The van der Waals surface area contributed by atoms with E-state index >= 15 is 0 Å². The standard InChI is InChI=1S/C50H33N3.C2H6/c1-50(2)43-19-9-17-37(43)40-18-10-22-47(49(40)50)53-45-21-6-4-16-39(45)42-28-35(29-48(42)53)34-23-24-46-41(27-34)38-15-3-5-20-44(38)52(46)36-14-8-13-33(26-36)32-12-7-11-31(25-32)30-51;1-2/h3-8,10-28H,9H2,1-2H3;1-2H3. The molecular formula is C52H39N3. The van der Waals surface area contributed by atoms with Crippen LogP contribution in [0.5, 0.6) is 0 Å². The number of nitriles is 1. The molecule has 0 saturated heterocycles. The normalized spacial score (nSPS) is 14.6. The van der Waals surface area contributed by atoms with E-state index in [0.717, 1.165) is 50.8 Å². The molecule has 3 aliphatic rings. The minimum absolute atomic E-state index is 0.0825. The van der Waals surface area contributed by atoms with Gasteiger partial charge in [-0.05, 0) is 106 Å². The second kappa shape index (κ2) is 12.4. The van der Waals surface area contributed by atoms with E-state index in [1.165, 1.54) is 54.9 Å². The average Bonchev–Trinajstić information content (AvgIpc) is 4.05. The van der Waals surface area contributed by atoms with Crippen LogP contribution in [0, 0.1) is 11.3 Å². The molecule has 3 aliphatic carbocycles.